The number of nitrogens with one attached hydrogen (secondary N) is 1. The number of ether oxygens (including phenoxy) is 1. The molecule has 1 fully saturated rings. The van der Waals surface area contributed by atoms with Crippen LogP contribution in [0.1, 0.15) is 32.2 Å². The smallest absolute Gasteiger partial charge is 0.243 e. The molecule has 3 atom stereocenters. The van der Waals surface area contributed by atoms with E-state index in [-0.39, 0.29) is 24.0 Å². The molecule has 0 amide bonds. The molecule has 1 saturated heterocycles. The standard InChI is InChI=1S/C15H18FN3O2/c1-9(17-13-6-7-20-10(13)2)15-18-14(19-21-15)11-4-3-5-12(16)8-11/h3-5,8-10,13,17H,6-7H2,1-2H3/t9-,10-,13+/m0/s1. The summed E-state index contributed by atoms with van der Waals surface area (Å²) in [7, 11) is 0. The van der Waals surface area contributed by atoms with Crippen molar-refractivity contribution in [2.75, 3.05) is 6.61 Å². The molecule has 1 aromatic heterocycles. The second kappa shape index (κ2) is 5.91. The molecule has 1 N–H and O–H groups in total. The second-order valence-corrected chi connectivity index (χ2v) is 5.33. The van der Waals surface area contributed by atoms with E-state index in [4.69, 9.17) is 9.26 Å². The van der Waals surface area contributed by atoms with Crippen LogP contribution in [0.5, 0.6) is 0 Å². The van der Waals surface area contributed by atoms with Gasteiger partial charge in [0.2, 0.25) is 11.7 Å². The number of nitrogens with zero attached hydrogens (tertiary/aromatic N) is 2. The third kappa shape index (κ3) is 3.11. The topological polar surface area (TPSA) is 60.2 Å². The molecular formula is C15H18FN3O2. The summed E-state index contributed by atoms with van der Waals surface area (Å²) in [6, 6.07) is 6.36. The Kier molecular flexibility index (Phi) is 3.98. The molecule has 3 rings (SSSR count). The molecule has 1 aromatic carbocycles. The fraction of sp³-hybridized carbons (Fsp3) is 0.467. The van der Waals surface area contributed by atoms with Crippen LogP contribution >= 0.6 is 0 Å². The summed E-state index contributed by atoms with van der Waals surface area (Å²) < 4.78 is 24.0. The molecule has 0 aliphatic carbocycles. The van der Waals surface area contributed by atoms with E-state index in [0.717, 1.165) is 13.0 Å². The van der Waals surface area contributed by atoms with Crippen molar-refractivity contribution in [3.8, 4) is 11.4 Å². The molecule has 0 radical (unpaired) electrons. The highest BCUT2D eigenvalue weighted by molar-refractivity contribution is 5.53. The van der Waals surface area contributed by atoms with E-state index in [9.17, 15) is 4.39 Å². The molecule has 0 unspecified atom stereocenters. The molecule has 1 aliphatic heterocycles. The molecule has 5 nitrogen and oxygen atoms in total. The average Bonchev–Trinajstić information content (AvgIpc) is 3.09. The third-order valence-corrected chi connectivity index (χ3v) is 3.74. The Morgan fingerprint density at radius 3 is 3.00 bits per heavy atom. The summed E-state index contributed by atoms with van der Waals surface area (Å²) in [4.78, 5) is 4.34. The van der Waals surface area contributed by atoms with Crippen LogP contribution in [0.25, 0.3) is 11.4 Å². The molecule has 0 spiro atoms. The Bertz CT molecular complexity index is 616. The van der Waals surface area contributed by atoms with Gasteiger partial charge in [-0.3, -0.25) is 0 Å². The van der Waals surface area contributed by atoms with E-state index in [0.29, 0.717) is 17.3 Å². The minimum atomic E-state index is -0.318. The lowest BCUT2D eigenvalue weighted by Gasteiger charge is -2.19. The first-order chi connectivity index (χ1) is 10.1. The predicted octanol–water partition coefficient (Wildman–Crippen LogP) is 2.70. The van der Waals surface area contributed by atoms with Crippen LogP contribution in [0.2, 0.25) is 0 Å². The minimum Gasteiger partial charge on any atom is -0.377 e. The summed E-state index contributed by atoms with van der Waals surface area (Å²) >= 11 is 0. The summed E-state index contributed by atoms with van der Waals surface area (Å²) in [5, 5.41) is 7.34. The lowest BCUT2D eigenvalue weighted by molar-refractivity contribution is 0.110. The maximum atomic E-state index is 13.2. The summed E-state index contributed by atoms with van der Waals surface area (Å²) in [5.74, 6) is 0.573. The van der Waals surface area contributed by atoms with Gasteiger partial charge in [-0.25, -0.2) is 4.39 Å². The lowest BCUT2D eigenvalue weighted by atomic mass is 10.1. The van der Waals surface area contributed by atoms with E-state index in [1.54, 1.807) is 12.1 Å². The minimum absolute atomic E-state index is 0.0750. The van der Waals surface area contributed by atoms with Crippen molar-refractivity contribution >= 4 is 0 Å². The summed E-state index contributed by atoms with van der Waals surface area (Å²) in [5.41, 5.74) is 0.606. The Labute approximate surface area is 122 Å². The first-order valence-electron chi connectivity index (χ1n) is 7.10. The molecule has 2 heterocycles. The molecule has 112 valence electrons. The Morgan fingerprint density at radius 1 is 1.43 bits per heavy atom. The van der Waals surface area contributed by atoms with Crippen molar-refractivity contribution in [1.82, 2.24) is 15.5 Å². The van der Waals surface area contributed by atoms with Gasteiger partial charge in [-0.2, -0.15) is 4.98 Å². The molecule has 21 heavy (non-hydrogen) atoms. The Morgan fingerprint density at radius 2 is 2.29 bits per heavy atom. The highest BCUT2D eigenvalue weighted by atomic mass is 19.1. The third-order valence-electron chi connectivity index (χ3n) is 3.74. The monoisotopic (exact) mass is 291 g/mol. The summed E-state index contributed by atoms with van der Waals surface area (Å²) in [6.07, 6.45) is 1.15. The van der Waals surface area contributed by atoms with Crippen molar-refractivity contribution in [2.45, 2.75) is 38.5 Å². The van der Waals surface area contributed by atoms with Gasteiger partial charge < -0.3 is 14.6 Å². The van der Waals surface area contributed by atoms with Crippen LogP contribution in [0.4, 0.5) is 4.39 Å². The Hall–Kier alpha value is -1.79. The van der Waals surface area contributed by atoms with Crippen molar-refractivity contribution in [1.29, 1.82) is 0 Å². The number of benzene rings is 1. The molecule has 0 saturated carbocycles. The van der Waals surface area contributed by atoms with Crippen LogP contribution in [-0.2, 0) is 4.74 Å². The van der Waals surface area contributed by atoms with E-state index in [1.165, 1.54) is 12.1 Å². The van der Waals surface area contributed by atoms with Crippen LogP contribution in [0.3, 0.4) is 0 Å². The maximum absolute atomic E-state index is 13.2. The number of hydrogen-bond acceptors (Lipinski definition) is 5. The average molecular weight is 291 g/mol. The molecular weight excluding hydrogens is 273 g/mol. The van der Waals surface area contributed by atoms with Crippen LogP contribution in [0.15, 0.2) is 28.8 Å². The molecule has 1 aliphatic rings. The predicted molar refractivity (Wildman–Crippen MR) is 75.1 cm³/mol. The van der Waals surface area contributed by atoms with Crippen LogP contribution < -0.4 is 5.32 Å². The fourth-order valence-corrected chi connectivity index (χ4v) is 2.50. The van der Waals surface area contributed by atoms with E-state index < -0.39 is 0 Å². The van der Waals surface area contributed by atoms with Crippen molar-refractivity contribution in [3.63, 3.8) is 0 Å². The van der Waals surface area contributed by atoms with Gasteiger partial charge in [-0.15, -0.1) is 0 Å². The van der Waals surface area contributed by atoms with E-state index in [2.05, 4.69) is 15.5 Å². The van der Waals surface area contributed by atoms with Gasteiger partial charge in [0.05, 0.1) is 12.1 Å². The van der Waals surface area contributed by atoms with Gasteiger partial charge >= 0.3 is 0 Å². The zero-order valence-electron chi connectivity index (χ0n) is 12.0. The lowest BCUT2D eigenvalue weighted by Crippen LogP contribution is -2.36. The van der Waals surface area contributed by atoms with Crippen LogP contribution in [-0.4, -0.2) is 28.9 Å². The highest BCUT2D eigenvalue weighted by Crippen LogP contribution is 2.21. The number of rotatable bonds is 4. The van der Waals surface area contributed by atoms with Crippen molar-refractivity contribution < 1.29 is 13.7 Å². The quantitative estimate of drug-likeness (QED) is 0.938. The fourth-order valence-electron chi connectivity index (χ4n) is 2.50. The molecule has 0 bridgehead atoms. The van der Waals surface area contributed by atoms with Crippen molar-refractivity contribution in [3.05, 3.63) is 36.0 Å². The normalized spacial score (nSPS) is 23.4. The van der Waals surface area contributed by atoms with Gasteiger partial charge in [-0.1, -0.05) is 17.3 Å². The van der Waals surface area contributed by atoms with Crippen LogP contribution in [0, 0.1) is 5.82 Å². The molecule has 2 aromatic rings. The second-order valence-electron chi connectivity index (χ2n) is 5.33. The zero-order valence-corrected chi connectivity index (χ0v) is 12.0. The van der Waals surface area contributed by atoms with Gasteiger partial charge in [0.25, 0.3) is 0 Å². The molecule has 6 heteroatoms. The van der Waals surface area contributed by atoms with Gasteiger partial charge in [0.1, 0.15) is 5.82 Å². The maximum Gasteiger partial charge on any atom is 0.243 e. The van der Waals surface area contributed by atoms with E-state index >= 15 is 0 Å². The SMILES string of the molecule is C[C@H](N[C@@H]1CCO[C@H]1C)c1nc(-c2cccc(F)c2)no1. The number of aromatic nitrogens is 2. The largest absolute Gasteiger partial charge is 0.377 e. The number of hydrogen-bond donors (Lipinski definition) is 1. The van der Waals surface area contributed by atoms with Gasteiger partial charge in [0, 0.05) is 18.2 Å². The highest BCUT2D eigenvalue weighted by Gasteiger charge is 2.27. The number of halogens is 1. The van der Waals surface area contributed by atoms with Gasteiger partial charge in [0.15, 0.2) is 0 Å². The zero-order chi connectivity index (χ0) is 14.8. The Balaban J connectivity index is 1.72. The first kappa shape index (κ1) is 14.2. The first-order valence-corrected chi connectivity index (χ1v) is 7.10. The van der Waals surface area contributed by atoms with E-state index in [1.807, 2.05) is 13.8 Å². The summed E-state index contributed by atoms with van der Waals surface area (Å²) in [6.45, 7) is 4.78. The van der Waals surface area contributed by atoms with Crippen molar-refractivity contribution in [2.24, 2.45) is 0 Å². The van der Waals surface area contributed by atoms with Gasteiger partial charge in [-0.05, 0) is 32.4 Å².